The second-order valence-corrected chi connectivity index (χ2v) is 4.51. The molecule has 2 rings (SSSR count). The second kappa shape index (κ2) is 5.44. The van der Waals surface area contributed by atoms with Crippen molar-refractivity contribution in [2.24, 2.45) is 5.73 Å². The van der Waals surface area contributed by atoms with E-state index >= 15 is 0 Å². The Bertz CT molecular complexity index is 740. The van der Waals surface area contributed by atoms with Gasteiger partial charge in [0, 0.05) is 12.2 Å². The monoisotopic (exact) mass is 293 g/mol. The number of hydrogen-bond donors (Lipinski definition) is 2. The van der Waals surface area contributed by atoms with Crippen molar-refractivity contribution in [3.63, 3.8) is 0 Å². The summed E-state index contributed by atoms with van der Waals surface area (Å²) in [4.78, 5) is 26.9. The molecule has 1 aromatic carbocycles. The number of rotatable bonds is 3. The molecule has 0 saturated heterocycles. The Morgan fingerprint density at radius 1 is 1.50 bits per heavy atom. The van der Waals surface area contributed by atoms with Crippen LogP contribution in [-0.2, 0) is 6.54 Å². The van der Waals surface area contributed by atoms with E-state index in [0.29, 0.717) is 17.9 Å². The van der Waals surface area contributed by atoms with Gasteiger partial charge in [-0.05, 0) is 24.6 Å². The Balaban J connectivity index is 2.79. The molecule has 20 heavy (non-hydrogen) atoms. The van der Waals surface area contributed by atoms with Crippen molar-refractivity contribution >= 4 is 17.6 Å². The summed E-state index contributed by atoms with van der Waals surface area (Å²) in [5.41, 5.74) is 5.91. The lowest BCUT2D eigenvalue weighted by atomic mass is 10.2. The molecule has 0 unspecified atom stereocenters. The van der Waals surface area contributed by atoms with Crippen LogP contribution in [0.15, 0.2) is 29.1 Å². The first-order chi connectivity index (χ1) is 9.45. The molecule has 7 heteroatoms. The lowest BCUT2D eigenvalue weighted by molar-refractivity contribution is 0.0688. The summed E-state index contributed by atoms with van der Waals surface area (Å²) < 4.78 is 1.22. The fourth-order valence-corrected chi connectivity index (χ4v) is 2.02. The van der Waals surface area contributed by atoms with E-state index in [0.717, 1.165) is 5.56 Å². The molecule has 104 valence electrons. The standard InChI is InChI=1S/C13H12ClN3O3/c1-7-11(14)16-10(13(19)20)12(18)17(7)9-4-2-3-8(5-9)6-15/h2-5H,6,15H2,1H3,(H,19,20). The Morgan fingerprint density at radius 2 is 2.20 bits per heavy atom. The summed E-state index contributed by atoms with van der Waals surface area (Å²) in [5, 5.41) is 8.97. The van der Waals surface area contributed by atoms with E-state index in [1.807, 2.05) is 6.07 Å². The highest BCUT2D eigenvalue weighted by atomic mass is 35.5. The smallest absolute Gasteiger partial charge is 0.360 e. The highest BCUT2D eigenvalue weighted by molar-refractivity contribution is 6.30. The predicted molar refractivity (Wildman–Crippen MR) is 74.4 cm³/mol. The minimum absolute atomic E-state index is 0.0276. The van der Waals surface area contributed by atoms with Gasteiger partial charge in [0.1, 0.15) is 5.15 Å². The Morgan fingerprint density at radius 3 is 2.80 bits per heavy atom. The van der Waals surface area contributed by atoms with E-state index in [4.69, 9.17) is 22.4 Å². The molecule has 0 atom stereocenters. The number of aromatic carboxylic acids is 1. The summed E-state index contributed by atoms with van der Waals surface area (Å²) in [6.07, 6.45) is 0. The molecule has 0 radical (unpaired) electrons. The van der Waals surface area contributed by atoms with Gasteiger partial charge in [0.25, 0.3) is 5.56 Å². The number of nitrogens with zero attached hydrogens (tertiary/aromatic N) is 2. The first kappa shape index (κ1) is 14.2. The molecule has 1 heterocycles. The van der Waals surface area contributed by atoms with Crippen LogP contribution < -0.4 is 11.3 Å². The maximum absolute atomic E-state index is 12.2. The largest absolute Gasteiger partial charge is 0.476 e. The number of halogens is 1. The zero-order valence-corrected chi connectivity index (χ0v) is 11.4. The van der Waals surface area contributed by atoms with Crippen molar-refractivity contribution in [2.75, 3.05) is 0 Å². The van der Waals surface area contributed by atoms with Crippen LogP contribution in [0.25, 0.3) is 5.69 Å². The average Bonchev–Trinajstić information content (AvgIpc) is 2.43. The average molecular weight is 294 g/mol. The third-order valence-electron chi connectivity index (χ3n) is 2.86. The van der Waals surface area contributed by atoms with Crippen LogP contribution in [0.5, 0.6) is 0 Å². The summed E-state index contributed by atoms with van der Waals surface area (Å²) in [6.45, 7) is 1.91. The maximum Gasteiger partial charge on any atom is 0.360 e. The first-order valence-electron chi connectivity index (χ1n) is 5.77. The van der Waals surface area contributed by atoms with Crippen LogP contribution >= 0.6 is 11.6 Å². The number of carbonyl (C=O) groups is 1. The van der Waals surface area contributed by atoms with Gasteiger partial charge in [0.05, 0.1) is 5.69 Å². The number of nitrogens with two attached hydrogens (primary N) is 1. The minimum atomic E-state index is -1.42. The zero-order valence-electron chi connectivity index (χ0n) is 10.6. The number of carboxylic acids is 1. The molecule has 0 saturated carbocycles. The molecule has 0 amide bonds. The number of hydrogen-bond acceptors (Lipinski definition) is 4. The summed E-state index contributed by atoms with van der Waals surface area (Å²) in [5.74, 6) is -1.42. The van der Waals surface area contributed by atoms with Crippen LogP contribution in [0.1, 0.15) is 21.7 Å². The molecule has 2 aromatic rings. The number of aromatic nitrogens is 2. The van der Waals surface area contributed by atoms with Crippen LogP contribution in [0.3, 0.4) is 0 Å². The van der Waals surface area contributed by atoms with E-state index in [-0.39, 0.29) is 5.15 Å². The minimum Gasteiger partial charge on any atom is -0.476 e. The van der Waals surface area contributed by atoms with Crippen LogP contribution in [-0.4, -0.2) is 20.6 Å². The van der Waals surface area contributed by atoms with Gasteiger partial charge in [0.15, 0.2) is 0 Å². The number of carboxylic acid groups (broad SMARTS) is 1. The van der Waals surface area contributed by atoms with E-state index in [2.05, 4.69) is 4.98 Å². The normalized spacial score (nSPS) is 10.6. The molecule has 1 aromatic heterocycles. The quantitative estimate of drug-likeness (QED) is 0.890. The van der Waals surface area contributed by atoms with E-state index < -0.39 is 17.2 Å². The third-order valence-corrected chi connectivity index (χ3v) is 3.21. The SMILES string of the molecule is Cc1c(Cl)nc(C(=O)O)c(=O)n1-c1cccc(CN)c1. The van der Waals surface area contributed by atoms with E-state index in [9.17, 15) is 9.59 Å². The topological polar surface area (TPSA) is 98.2 Å². The van der Waals surface area contributed by atoms with Gasteiger partial charge in [-0.15, -0.1) is 0 Å². The van der Waals surface area contributed by atoms with Crippen molar-refractivity contribution in [1.82, 2.24) is 9.55 Å². The summed E-state index contributed by atoms with van der Waals surface area (Å²) in [6, 6.07) is 6.93. The van der Waals surface area contributed by atoms with Crippen molar-refractivity contribution in [3.8, 4) is 5.69 Å². The van der Waals surface area contributed by atoms with Crippen molar-refractivity contribution in [2.45, 2.75) is 13.5 Å². The lowest BCUT2D eigenvalue weighted by Crippen LogP contribution is -2.29. The van der Waals surface area contributed by atoms with Crippen LogP contribution in [0.2, 0.25) is 5.15 Å². The molecule has 0 bridgehead atoms. The molecule has 3 N–H and O–H groups in total. The molecular weight excluding hydrogens is 282 g/mol. The zero-order chi connectivity index (χ0) is 14.9. The molecule has 0 aliphatic rings. The highest BCUT2D eigenvalue weighted by Crippen LogP contribution is 2.16. The lowest BCUT2D eigenvalue weighted by Gasteiger charge is -2.12. The predicted octanol–water partition coefficient (Wildman–Crippen LogP) is 1.35. The molecule has 0 aliphatic carbocycles. The summed E-state index contributed by atoms with van der Waals surface area (Å²) >= 11 is 5.90. The maximum atomic E-state index is 12.2. The van der Waals surface area contributed by atoms with Gasteiger partial charge in [-0.2, -0.15) is 0 Å². The fraction of sp³-hybridized carbons (Fsp3) is 0.154. The molecule has 0 aliphatic heterocycles. The third kappa shape index (κ3) is 2.43. The van der Waals surface area contributed by atoms with Crippen LogP contribution in [0, 0.1) is 6.92 Å². The second-order valence-electron chi connectivity index (χ2n) is 4.16. The molecule has 6 nitrogen and oxygen atoms in total. The molecular formula is C13H12ClN3O3. The van der Waals surface area contributed by atoms with Gasteiger partial charge in [0.2, 0.25) is 5.69 Å². The Kier molecular flexibility index (Phi) is 3.87. The van der Waals surface area contributed by atoms with E-state index in [1.165, 1.54) is 4.57 Å². The number of benzene rings is 1. The van der Waals surface area contributed by atoms with Gasteiger partial charge >= 0.3 is 5.97 Å². The summed E-state index contributed by atoms with van der Waals surface area (Å²) in [7, 11) is 0. The van der Waals surface area contributed by atoms with Crippen molar-refractivity contribution in [3.05, 3.63) is 56.7 Å². The van der Waals surface area contributed by atoms with Crippen molar-refractivity contribution < 1.29 is 9.90 Å². The van der Waals surface area contributed by atoms with Gasteiger partial charge in [-0.25, -0.2) is 9.78 Å². The van der Waals surface area contributed by atoms with Gasteiger partial charge < -0.3 is 10.8 Å². The van der Waals surface area contributed by atoms with E-state index in [1.54, 1.807) is 25.1 Å². The highest BCUT2D eigenvalue weighted by Gasteiger charge is 2.18. The van der Waals surface area contributed by atoms with Gasteiger partial charge in [-0.1, -0.05) is 23.7 Å². The Hall–Kier alpha value is -2.18. The molecule has 0 spiro atoms. The van der Waals surface area contributed by atoms with Crippen LogP contribution in [0.4, 0.5) is 0 Å². The molecule has 0 fully saturated rings. The Labute approximate surface area is 119 Å². The van der Waals surface area contributed by atoms with Crippen molar-refractivity contribution in [1.29, 1.82) is 0 Å². The first-order valence-corrected chi connectivity index (χ1v) is 6.15. The fourth-order valence-electron chi connectivity index (χ4n) is 1.85. The van der Waals surface area contributed by atoms with Gasteiger partial charge in [-0.3, -0.25) is 9.36 Å².